The number of aromatic nitrogens is 2. The Morgan fingerprint density at radius 1 is 1.45 bits per heavy atom. The summed E-state index contributed by atoms with van der Waals surface area (Å²) in [7, 11) is 0. The topological polar surface area (TPSA) is 128 Å². The molecule has 0 aliphatic carbocycles. The summed E-state index contributed by atoms with van der Waals surface area (Å²) in [5.74, 6) is -1.16. The molecule has 0 bridgehead atoms. The van der Waals surface area contributed by atoms with Crippen LogP contribution in [0.5, 0.6) is 0 Å². The number of nitrogens with zero attached hydrogens (tertiary/aromatic N) is 1. The summed E-state index contributed by atoms with van der Waals surface area (Å²) < 4.78 is 11.5. The molecule has 1 aromatic rings. The monoisotopic (exact) mass is 312 g/mol. The maximum Gasteiger partial charge on any atom is 0.330 e. The van der Waals surface area contributed by atoms with Gasteiger partial charge in [0, 0.05) is 25.6 Å². The van der Waals surface area contributed by atoms with Crippen LogP contribution in [-0.2, 0) is 19.1 Å². The van der Waals surface area contributed by atoms with Crippen LogP contribution in [0, 0.1) is 0 Å². The molecule has 1 saturated heterocycles. The van der Waals surface area contributed by atoms with Gasteiger partial charge < -0.3 is 14.6 Å². The Labute approximate surface area is 124 Å². The second-order valence-electron chi connectivity index (χ2n) is 5.02. The molecule has 1 unspecified atom stereocenters. The van der Waals surface area contributed by atoms with Gasteiger partial charge in [0.15, 0.2) is 11.9 Å². The number of aromatic amines is 1. The van der Waals surface area contributed by atoms with E-state index in [9.17, 15) is 24.3 Å². The summed E-state index contributed by atoms with van der Waals surface area (Å²) in [6.07, 6.45) is -3.06. The lowest BCUT2D eigenvalue weighted by molar-refractivity contribution is -0.166. The maximum absolute atomic E-state index is 11.7. The van der Waals surface area contributed by atoms with Crippen molar-refractivity contribution in [3.05, 3.63) is 33.1 Å². The SMILES string of the molecule is CC(=O)OC(C(C)=O)[C@H]1O[C@@H](n2ccc(=O)[nH]c2=O)C[C@@H]1O. The number of hydrogen-bond donors (Lipinski definition) is 2. The molecule has 1 aliphatic rings. The van der Waals surface area contributed by atoms with Gasteiger partial charge in [0.05, 0.1) is 6.10 Å². The van der Waals surface area contributed by atoms with Crippen molar-refractivity contribution in [2.45, 2.75) is 44.8 Å². The van der Waals surface area contributed by atoms with E-state index in [1.807, 2.05) is 0 Å². The highest BCUT2D eigenvalue weighted by molar-refractivity contribution is 5.83. The van der Waals surface area contributed by atoms with E-state index in [1.54, 1.807) is 0 Å². The summed E-state index contributed by atoms with van der Waals surface area (Å²) in [6.45, 7) is 2.35. The Balaban J connectivity index is 2.24. The number of carbonyl (C=O) groups is 2. The lowest BCUT2D eigenvalue weighted by atomic mass is 10.0. The highest BCUT2D eigenvalue weighted by Crippen LogP contribution is 2.30. The number of nitrogens with one attached hydrogen (secondary N) is 1. The Morgan fingerprint density at radius 2 is 2.14 bits per heavy atom. The van der Waals surface area contributed by atoms with Crippen molar-refractivity contribution in [1.82, 2.24) is 9.55 Å². The molecule has 9 nitrogen and oxygen atoms in total. The molecular formula is C13H16N2O7. The fourth-order valence-electron chi connectivity index (χ4n) is 2.33. The molecule has 0 saturated carbocycles. The highest BCUT2D eigenvalue weighted by atomic mass is 16.6. The average molecular weight is 312 g/mol. The molecule has 0 radical (unpaired) electrons. The predicted octanol–water partition coefficient (Wildman–Crippen LogP) is -1.29. The number of carbonyl (C=O) groups excluding carboxylic acids is 2. The van der Waals surface area contributed by atoms with Crippen LogP contribution in [0.2, 0.25) is 0 Å². The van der Waals surface area contributed by atoms with E-state index in [1.165, 1.54) is 13.1 Å². The van der Waals surface area contributed by atoms with Gasteiger partial charge in [-0.2, -0.15) is 0 Å². The number of aliphatic hydroxyl groups excluding tert-OH is 1. The van der Waals surface area contributed by atoms with Crippen LogP contribution in [0.4, 0.5) is 0 Å². The molecule has 22 heavy (non-hydrogen) atoms. The van der Waals surface area contributed by atoms with Crippen LogP contribution in [0.15, 0.2) is 21.9 Å². The van der Waals surface area contributed by atoms with E-state index in [2.05, 4.69) is 4.98 Å². The number of aliphatic hydroxyl groups is 1. The minimum Gasteiger partial charge on any atom is -0.452 e. The molecule has 1 aromatic heterocycles. The maximum atomic E-state index is 11.7. The summed E-state index contributed by atoms with van der Waals surface area (Å²) in [5.41, 5.74) is -1.25. The predicted molar refractivity (Wildman–Crippen MR) is 72.1 cm³/mol. The number of ketones is 1. The summed E-state index contributed by atoms with van der Waals surface area (Å²) in [6, 6.07) is 1.14. The first-order valence-electron chi connectivity index (χ1n) is 6.62. The molecule has 4 atom stereocenters. The number of H-pyrrole nitrogens is 1. The second kappa shape index (κ2) is 6.24. The zero-order chi connectivity index (χ0) is 16.4. The van der Waals surface area contributed by atoms with Crippen molar-refractivity contribution in [3.8, 4) is 0 Å². The smallest absolute Gasteiger partial charge is 0.330 e. The average Bonchev–Trinajstić information content (AvgIpc) is 2.77. The minimum absolute atomic E-state index is 0.0155. The molecule has 2 heterocycles. The van der Waals surface area contributed by atoms with Crippen LogP contribution >= 0.6 is 0 Å². The van der Waals surface area contributed by atoms with Gasteiger partial charge in [-0.05, 0) is 6.92 Å². The fourth-order valence-corrected chi connectivity index (χ4v) is 2.33. The van der Waals surface area contributed by atoms with Crippen LogP contribution < -0.4 is 11.2 Å². The normalized spacial score (nSPS) is 25.7. The first-order valence-corrected chi connectivity index (χ1v) is 6.62. The fraction of sp³-hybridized carbons (Fsp3) is 0.538. The lowest BCUT2D eigenvalue weighted by Gasteiger charge is -2.23. The first kappa shape index (κ1) is 16.1. The summed E-state index contributed by atoms with van der Waals surface area (Å²) in [5, 5.41) is 10.0. The zero-order valence-electron chi connectivity index (χ0n) is 12.0. The van der Waals surface area contributed by atoms with Gasteiger partial charge in [-0.3, -0.25) is 23.9 Å². The van der Waals surface area contributed by atoms with E-state index in [-0.39, 0.29) is 6.42 Å². The second-order valence-corrected chi connectivity index (χ2v) is 5.02. The largest absolute Gasteiger partial charge is 0.452 e. The molecule has 2 rings (SSSR count). The molecule has 2 N–H and O–H groups in total. The Kier molecular flexibility index (Phi) is 4.57. The zero-order valence-corrected chi connectivity index (χ0v) is 12.0. The van der Waals surface area contributed by atoms with E-state index >= 15 is 0 Å². The van der Waals surface area contributed by atoms with Gasteiger partial charge in [0.2, 0.25) is 0 Å². The van der Waals surface area contributed by atoms with Gasteiger partial charge in [0.25, 0.3) is 5.56 Å². The van der Waals surface area contributed by atoms with E-state index in [0.29, 0.717) is 0 Å². The number of rotatable bonds is 4. The number of esters is 1. The molecular weight excluding hydrogens is 296 g/mol. The molecule has 0 aromatic carbocycles. The lowest BCUT2D eigenvalue weighted by Crippen LogP contribution is -2.42. The Bertz CT molecular complexity index is 692. The van der Waals surface area contributed by atoms with Crippen molar-refractivity contribution in [2.75, 3.05) is 0 Å². The van der Waals surface area contributed by atoms with E-state index in [4.69, 9.17) is 9.47 Å². The molecule has 9 heteroatoms. The van der Waals surface area contributed by atoms with Crippen molar-refractivity contribution in [1.29, 1.82) is 0 Å². The quantitative estimate of drug-likeness (QED) is 0.662. The van der Waals surface area contributed by atoms with Crippen molar-refractivity contribution >= 4 is 11.8 Å². The number of Topliss-reactive ketones (excluding diaryl/α,β-unsaturated/α-hetero) is 1. The van der Waals surface area contributed by atoms with Gasteiger partial charge in [-0.25, -0.2) is 4.79 Å². The summed E-state index contributed by atoms with van der Waals surface area (Å²) in [4.78, 5) is 47.5. The van der Waals surface area contributed by atoms with Crippen molar-refractivity contribution < 1.29 is 24.2 Å². The number of ether oxygens (including phenoxy) is 2. The van der Waals surface area contributed by atoms with Gasteiger partial charge in [-0.1, -0.05) is 0 Å². The van der Waals surface area contributed by atoms with Gasteiger partial charge in [-0.15, -0.1) is 0 Å². The van der Waals surface area contributed by atoms with Crippen LogP contribution in [0.25, 0.3) is 0 Å². The molecule has 120 valence electrons. The van der Waals surface area contributed by atoms with Crippen LogP contribution in [0.3, 0.4) is 0 Å². The minimum atomic E-state index is -1.25. The third-order valence-corrected chi connectivity index (χ3v) is 3.29. The molecule has 0 spiro atoms. The van der Waals surface area contributed by atoms with E-state index in [0.717, 1.165) is 17.6 Å². The Morgan fingerprint density at radius 3 is 2.68 bits per heavy atom. The van der Waals surface area contributed by atoms with E-state index < -0.39 is 47.5 Å². The highest BCUT2D eigenvalue weighted by Gasteiger charge is 2.43. The number of hydrogen-bond acceptors (Lipinski definition) is 7. The standard InChI is InChI=1S/C13H16N2O7/c1-6(16)11(21-7(2)17)12-8(18)5-10(22-12)15-4-3-9(19)14-13(15)20/h3-4,8,10-12,18H,5H2,1-2H3,(H,14,19,20)/t8-,10+,11?,12-/m0/s1. The summed E-state index contributed by atoms with van der Waals surface area (Å²) >= 11 is 0. The van der Waals surface area contributed by atoms with Crippen molar-refractivity contribution in [2.24, 2.45) is 0 Å². The van der Waals surface area contributed by atoms with Crippen LogP contribution in [0.1, 0.15) is 26.5 Å². The Hall–Kier alpha value is -2.26. The first-order chi connectivity index (χ1) is 10.3. The van der Waals surface area contributed by atoms with Gasteiger partial charge >= 0.3 is 11.7 Å². The van der Waals surface area contributed by atoms with Gasteiger partial charge in [0.1, 0.15) is 12.3 Å². The van der Waals surface area contributed by atoms with Crippen molar-refractivity contribution in [3.63, 3.8) is 0 Å². The molecule has 1 aliphatic heterocycles. The molecule has 1 fully saturated rings. The van der Waals surface area contributed by atoms with Crippen LogP contribution in [-0.4, -0.2) is 44.7 Å². The molecule has 0 amide bonds. The third-order valence-electron chi connectivity index (χ3n) is 3.29. The third kappa shape index (κ3) is 3.31.